The molecule has 2 heterocycles. The third kappa shape index (κ3) is 2.42. The Bertz CT molecular complexity index is 333. The molecule has 1 aromatic heterocycles. The molecule has 0 atom stereocenters. The van der Waals surface area contributed by atoms with Gasteiger partial charge in [-0.3, -0.25) is 0 Å². The molecule has 1 aromatic rings. The molecular weight excluding hydrogens is 254 g/mol. The predicted molar refractivity (Wildman–Crippen MR) is 65.1 cm³/mol. The molecule has 0 bridgehead atoms. The first-order chi connectivity index (χ1) is 7.33. The van der Waals surface area contributed by atoms with Gasteiger partial charge in [0.05, 0.1) is 5.69 Å². The van der Waals surface area contributed by atoms with Crippen LogP contribution in [0.5, 0.6) is 0 Å². The second-order valence-electron chi connectivity index (χ2n) is 4.08. The monoisotopic (exact) mass is 271 g/mol. The van der Waals surface area contributed by atoms with Crippen molar-refractivity contribution >= 4 is 15.9 Å². The Morgan fingerprint density at radius 2 is 2.33 bits per heavy atom. The van der Waals surface area contributed by atoms with E-state index in [1.165, 1.54) is 37.2 Å². The molecule has 1 aliphatic heterocycles. The molecule has 1 N–H and O–H groups in total. The first-order valence-electron chi connectivity index (χ1n) is 5.71. The van der Waals surface area contributed by atoms with Crippen LogP contribution in [0.25, 0.3) is 0 Å². The minimum atomic E-state index is 1.07. The first kappa shape index (κ1) is 11.1. The van der Waals surface area contributed by atoms with Crippen LogP contribution in [-0.2, 0) is 19.4 Å². The van der Waals surface area contributed by atoms with Gasteiger partial charge in [0.25, 0.3) is 0 Å². The predicted octanol–water partition coefficient (Wildman–Crippen LogP) is 2.13. The van der Waals surface area contributed by atoms with E-state index in [1.54, 1.807) is 0 Å². The Kier molecular flexibility index (Phi) is 3.81. The van der Waals surface area contributed by atoms with Gasteiger partial charge in [-0.1, -0.05) is 0 Å². The lowest BCUT2D eigenvalue weighted by Gasteiger charge is -2.16. The van der Waals surface area contributed by atoms with Gasteiger partial charge in [-0.15, -0.1) is 0 Å². The first-order valence-corrected chi connectivity index (χ1v) is 6.50. The van der Waals surface area contributed by atoms with Gasteiger partial charge in [0.2, 0.25) is 0 Å². The summed E-state index contributed by atoms with van der Waals surface area (Å²) in [7, 11) is 2.00. The SMILES string of the molecule is CNCCCc1nc(Br)c2n1CCCC2. The van der Waals surface area contributed by atoms with Crippen molar-refractivity contribution in [3.8, 4) is 0 Å². The maximum absolute atomic E-state index is 4.62. The van der Waals surface area contributed by atoms with Crippen LogP contribution in [0.15, 0.2) is 4.60 Å². The lowest BCUT2D eigenvalue weighted by atomic mass is 10.1. The van der Waals surface area contributed by atoms with Crippen LogP contribution in [0.3, 0.4) is 0 Å². The van der Waals surface area contributed by atoms with E-state index in [0.717, 1.165) is 24.1 Å². The number of imidazole rings is 1. The largest absolute Gasteiger partial charge is 0.331 e. The number of fused-ring (bicyclic) bond motifs is 1. The van der Waals surface area contributed by atoms with E-state index in [0.29, 0.717) is 0 Å². The molecule has 0 amide bonds. The van der Waals surface area contributed by atoms with Crippen molar-refractivity contribution in [2.24, 2.45) is 0 Å². The van der Waals surface area contributed by atoms with E-state index in [9.17, 15) is 0 Å². The molecule has 84 valence electrons. The lowest BCUT2D eigenvalue weighted by molar-refractivity contribution is 0.509. The quantitative estimate of drug-likeness (QED) is 0.851. The summed E-state index contributed by atoms with van der Waals surface area (Å²) in [6.45, 7) is 2.22. The highest BCUT2D eigenvalue weighted by Crippen LogP contribution is 2.25. The van der Waals surface area contributed by atoms with E-state index >= 15 is 0 Å². The maximum Gasteiger partial charge on any atom is 0.127 e. The normalized spacial score (nSPS) is 15.3. The van der Waals surface area contributed by atoms with E-state index < -0.39 is 0 Å². The molecule has 3 nitrogen and oxygen atoms in total. The zero-order valence-electron chi connectivity index (χ0n) is 9.22. The Morgan fingerprint density at radius 3 is 3.13 bits per heavy atom. The molecular formula is C11H18BrN3. The zero-order chi connectivity index (χ0) is 10.7. The Balaban J connectivity index is 2.10. The number of rotatable bonds is 4. The van der Waals surface area contributed by atoms with E-state index in [4.69, 9.17) is 0 Å². The smallest absolute Gasteiger partial charge is 0.127 e. The van der Waals surface area contributed by atoms with Gasteiger partial charge in [-0.2, -0.15) is 0 Å². The number of aryl methyl sites for hydroxylation is 1. The molecule has 0 fully saturated rings. The molecule has 0 unspecified atom stereocenters. The summed E-state index contributed by atoms with van der Waals surface area (Å²) in [5.41, 5.74) is 1.40. The van der Waals surface area contributed by atoms with Crippen molar-refractivity contribution in [2.75, 3.05) is 13.6 Å². The Morgan fingerprint density at radius 1 is 1.47 bits per heavy atom. The zero-order valence-corrected chi connectivity index (χ0v) is 10.8. The number of aromatic nitrogens is 2. The van der Waals surface area contributed by atoms with Crippen LogP contribution in [0, 0.1) is 0 Å². The topological polar surface area (TPSA) is 29.9 Å². The molecule has 0 saturated heterocycles. The van der Waals surface area contributed by atoms with Gasteiger partial charge in [0, 0.05) is 13.0 Å². The van der Waals surface area contributed by atoms with E-state index in [2.05, 4.69) is 30.8 Å². The molecule has 2 rings (SSSR count). The van der Waals surface area contributed by atoms with Gasteiger partial charge in [-0.25, -0.2) is 4.98 Å². The fourth-order valence-corrected chi connectivity index (χ4v) is 2.80. The van der Waals surface area contributed by atoms with Crippen molar-refractivity contribution in [1.82, 2.24) is 14.9 Å². The van der Waals surface area contributed by atoms with Crippen LogP contribution in [-0.4, -0.2) is 23.1 Å². The van der Waals surface area contributed by atoms with Crippen molar-refractivity contribution in [2.45, 2.75) is 38.6 Å². The van der Waals surface area contributed by atoms with Crippen molar-refractivity contribution in [1.29, 1.82) is 0 Å². The van der Waals surface area contributed by atoms with Gasteiger partial charge >= 0.3 is 0 Å². The number of hydrogen-bond donors (Lipinski definition) is 1. The number of hydrogen-bond acceptors (Lipinski definition) is 2. The van der Waals surface area contributed by atoms with E-state index in [-0.39, 0.29) is 0 Å². The van der Waals surface area contributed by atoms with Crippen molar-refractivity contribution in [3.63, 3.8) is 0 Å². The second-order valence-corrected chi connectivity index (χ2v) is 4.83. The van der Waals surface area contributed by atoms with Crippen LogP contribution >= 0.6 is 15.9 Å². The fourth-order valence-electron chi connectivity index (χ4n) is 2.18. The molecule has 15 heavy (non-hydrogen) atoms. The molecule has 0 radical (unpaired) electrons. The summed E-state index contributed by atoms with van der Waals surface area (Å²) in [6, 6.07) is 0. The maximum atomic E-state index is 4.62. The average molecular weight is 272 g/mol. The van der Waals surface area contributed by atoms with Gasteiger partial charge in [-0.05, 0) is 55.2 Å². The third-order valence-corrected chi connectivity index (χ3v) is 3.61. The van der Waals surface area contributed by atoms with Crippen LogP contribution < -0.4 is 5.32 Å². The standard InChI is InChI=1S/C11H18BrN3/c1-13-7-4-6-10-14-11(12)9-5-2-3-8-15(9)10/h13H,2-8H2,1H3. The Labute approximate surface area is 99.4 Å². The van der Waals surface area contributed by atoms with Crippen LogP contribution in [0.4, 0.5) is 0 Å². The Hall–Kier alpha value is -0.350. The number of halogens is 1. The van der Waals surface area contributed by atoms with E-state index in [1.807, 2.05) is 7.05 Å². The number of nitrogens with one attached hydrogen (secondary N) is 1. The van der Waals surface area contributed by atoms with Gasteiger partial charge < -0.3 is 9.88 Å². The minimum Gasteiger partial charge on any atom is -0.331 e. The summed E-state index contributed by atoms with van der Waals surface area (Å²) in [4.78, 5) is 4.62. The third-order valence-electron chi connectivity index (χ3n) is 2.98. The summed E-state index contributed by atoms with van der Waals surface area (Å²) >= 11 is 3.56. The number of nitrogens with zero attached hydrogens (tertiary/aromatic N) is 2. The summed E-state index contributed by atoms with van der Waals surface area (Å²) in [5, 5.41) is 3.18. The average Bonchev–Trinajstić information content (AvgIpc) is 2.58. The molecule has 0 spiro atoms. The molecule has 0 aliphatic carbocycles. The fraction of sp³-hybridized carbons (Fsp3) is 0.727. The summed E-state index contributed by atoms with van der Waals surface area (Å²) < 4.78 is 3.48. The highest BCUT2D eigenvalue weighted by molar-refractivity contribution is 9.10. The summed E-state index contributed by atoms with van der Waals surface area (Å²) in [6.07, 6.45) is 6.04. The van der Waals surface area contributed by atoms with Crippen LogP contribution in [0.1, 0.15) is 30.8 Å². The van der Waals surface area contributed by atoms with Crippen LogP contribution in [0.2, 0.25) is 0 Å². The lowest BCUT2D eigenvalue weighted by Crippen LogP contribution is -2.14. The molecule has 0 saturated carbocycles. The van der Waals surface area contributed by atoms with Gasteiger partial charge in [0.15, 0.2) is 0 Å². The highest BCUT2D eigenvalue weighted by Gasteiger charge is 2.17. The van der Waals surface area contributed by atoms with Gasteiger partial charge in [0.1, 0.15) is 10.4 Å². The second kappa shape index (κ2) is 5.12. The molecule has 1 aliphatic rings. The molecule has 4 heteroatoms. The molecule has 0 aromatic carbocycles. The van der Waals surface area contributed by atoms with Crippen molar-refractivity contribution in [3.05, 3.63) is 16.1 Å². The van der Waals surface area contributed by atoms with Crippen molar-refractivity contribution < 1.29 is 0 Å². The summed E-state index contributed by atoms with van der Waals surface area (Å²) in [5.74, 6) is 1.26. The minimum absolute atomic E-state index is 1.07. The highest BCUT2D eigenvalue weighted by atomic mass is 79.9.